The predicted octanol–water partition coefficient (Wildman–Crippen LogP) is 1.52. The fraction of sp³-hybridized carbons (Fsp3) is 0.412. The summed E-state index contributed by atoms with van der Waals surface area (Å²) in [5, 5.41) is 19.1. The molecule has 0 amide bonds. The number of nitrogens with two attached hydrogens (primary N) is 1. The Balaban J connectivity index is 2.03. The Bertz CT molecular complexity index is 914. The van der Waals surface area contributed by atoms with E-state index in [-0.39, 0.29) is 36.1 Å². The molecule has 2 aromatic rings. The molecule has 0 spiro atoms. The zero-order valence-electron chi connectivity index (χ0n) is 13.9. The van der Waals surface area contributed by atoms with E-state index in [4.69, 9.17) is 24.7 Å². The van der Waals surface area contributed by atoms with Crippen LogP contribution in [0.25, 0.3) is 11.0 Å². The summed E-state index contributed by atoms with van der Waals surface area (Å²) in [7, 11) is 0. The maximum absolute atomic E-state index is 13.7. The van der Waals surface area contributed by atoms with Gasteiger partial charge in [0.15, 0.2) is 11.7 Å². The van der Waals surface area contributed by atoms with Gasteiger partial charge in [-0.2, -0.15) is 0 Å². The maximum atomic E-state index is 13.7. The molecule has 2 heterocycles. The number of aliphatic hydroxyl groups is 1. The van der Waals surface area contributed by atoms with Crippen LogP contribution in [0.3, 0.4) is 0 Å². The van der Waals surface area contributed by atoms with E-state index in [2.05, 4.69) is 0 Å². The number of alkyl halides is 2. The standard InChI is InChI=1S/C17H17F2NO7/c18-16(19)14-10(25-13-5-8(21)4-11(26-13)17(23)24)2-1-9-7(6-20)3-12(22)27-15(9)14/h1-3,8,11,13,16,21H,4-6,20H2,(H,23,24). The van der Waals surface area contributed by atoms with Gasteiger partial charge >= 0.3 is 11.6 Å². The predicted molar refractivity (Wildman–Crippen MR) is 87.5 cm³/mol. The van der Waals surface area contributed by atoms with Crippen molar-refractivity contribution in [2.24, 2.45) is 5.73 Å². The third kappa shape index (κ3) is 3.92. The molecule has 1 saturated heterocycles. The molecule has 146 valence electrons. The molecule has 0 aliphatic carbocycles. The second-order valence-electron chi connectivity index (χ2n) is 6.09. The molecule has 1 fully saturated rings. The molecule has 0 bridgehead atoms. The summed E-state index contributed by atoms with van der Waals surface area (Å²) in [5.41, 5.74) is 4.03. The number of hydrogen-bond acceptors (Lipinski definition) is 7. The number of carbonyl (C=O) groups is 1. The number of ether oxygens (including phenoxy) is 2. The number of aliphatic hydroxyl groups excluding tert-OH is 1. The molecule has 3 rings (SSSR count). The lowest BCUT2D eigenvalue weighted by Crippen LogP contribution is -2.42. The highest BCUT2D eigenvalue weighted by Crippen LogP contribution is 2.37. The summed E-state index contributed by atoms with van der Waals surface area (Å²) >= 11 is 0. The number of aliphatic carboxylic acids is 1. The van der Waals surface area contributed by atoms with Crippen molar-refractivity contribution in [1.82, 2.24) is 0 Å². The van der Waals surface area contributed by atoms with E-state index < -0.39 is 42.1 Å². The number of rotatable bonds is 5. The summed E-state index contributed by atoms with van der Waals surface area (Å²) < 4.78 is 43.0. The van der Waals surface area contributed by atoms with Crippen molar-refractivity contribution in [3.63, 3.8) is 0 Å². The van der Waals surface area contributed by atoms with Crippen LogP contribution in [0.4, 0.5) is 8.78 Å². The molecule has 4 N–H and O–H groups in total. The second-order valence-corrected chi connectivity index (χ2v) is 6.09. The van der Waals surface area contributed by atoms with Crippen molar-refractivity contribution >= 4 is 16.9 Å². The van der Waals surface area contributed by atoms with E-state index >= 15 is 0 Å². The minimum atomic E-state index is -3.05. The van der Waals surface area contributed by atoms with Crippen molar-refractivity contribution in [2.75, 3.05) is 0 Å². The van der Waals surface area contributed by atoms with Crippen LogP contribution in [0.5, 0.6) is 5.75 Å². The summed E-state index contributed by atoms with van der Waals surface area (Å²) in [6, 6.07) is 3.77. The number of carboxylic acids is 1. The Hall–Kier alpha value is -2.56. The maximum Gasteiger partial charge on any atom is 0.336 e. The first-order valence-corrected chi connectivity index (χ1v) is 8.11. The van der Waals surface area contributed by atoms with Crippen molar-refractivity contribution in [3.8, 4) is 5.75 Å². The molecule has 3 atom stereocenters. The molecule has 27 heavy (non-hydrogen) atoms. The SMILES string of the molecule is NCc1cc(=O)oc2c(C(F)F)c(OC3CC(O)CC(C(=O)O)O3)ccc12. The Labute approximate surface area is 151 Å². The molecule has 1 aromatic carbocycles. The molecule has 1 aliphatic rings. The van der Waals surface area contributed by atoms with Gasteiger partial charge in [-0.25, -0.2) is 18.4 Å². The van der Waals surface area contributed by atoms with Crippen LogP contribution >= 0.6 is 0 Å². The fourth-order valence-electron chi connectivity index (χ4n) is 3.01. The third-order valence-electron chi connectivity index (χ3n) is 4.24. The van der Waals surface area contributed by atoms with Gasteiger partial charge in [-0.3, -0.25) is 0 Å². The van der Waals surface area contributed by atoms with E-state index in [1.165, 1.54) is 12.1 Å². The summed E-state index contributed by atoms with van der Waals surface area (Å²) in [6.45, 7) is -0.0524. The average molecular weight is 385 g/mol. The van der Waals surface area contributed by atoms with Gasteiger partial charge < -0.3 is 29.8 Å². The summed E-state index contributed by atoms with van der Waals surface area (Å²) in [5.74, 6) is -1.63. The molecular weight excluding hydrogens is 368 g/mol. The molecule has 1 aromatic heterocycles. The highest BCUT2D eigenvalue weighted by atomic mass is 19.3. The van der Waals surface area contributed by atoms with Crippen LogP contribution in [0, 0.1) is 0 Å². The number of carboxylic acid groups (broad SMARTS) is 1. The number of benzene rings is 1. The molecule has 10 heteroatoms. The van der Waals surface area contributed by atoms with Crippen LogP contribution in [0.2, 0.25) is 0 Å². The highest BCUT2D eigenvalue weighted by Gasteiger charge is 2.35. The van der Waals surface area contributed by atoms with E-state index in [9.17, 15) is 23.5 Å². The second kappa shape index (κ2) is 7.59. The fourth-order valence-corrected chi connectivity index (χ4v) is 3.01. The van der Waals surface area contributed by atoms with Crippen LogP contribution in [0.15, 0.2) is 27.4 Å². The topological polar surface area (TPSA) is 132 Å². The first-order chi connectivity index (χ1) is 12.8. The van der Waals surface area contributed by atoms with Gasteiger partial charge in [0.1, 0.15) is 11.3 Å². The monoisotopic (exact) mass is 385 g/mol. The van der Waals surface area contributed by atoms with E-state index in [0.29, 0.717) is 5.56 Å². The van der Waals surface area contributed by atoms with Gasteiger partial charge in [-0.1, -0.05) is 0 Å². The van der Waals surface area contributed by atoms with Gasteiger partial charge in [-0.05, 0) is 17.7 Å². The number of hydrogen-bond donors (Lipinski definition) is 3. The Kier molecular flexibility index (Phi) is 5.40. The van der Waals surface area contributed by atoms with Crippen LogP contribution in [0.1, 0.15) is 30.4 Å². The molecule has 8 nitrogen and oxygen atoms in total. The van der Waals surface area contributed by atoms with Gasteiger partial charge in [-0.15, -0.1) is 0 Å². The van der Waals surface area contributed by atoms with E-state index in [0.717, 1.165) is 6.07 Å². The average Bonchev–Trinajstić information content (AvgIpc) is 2.59. The van der Waals surface area contributed by atoms with E-state index in [1.807, 2.05) is 0 Å². The van der Waals surface area contributed by atoms with Crippen LogP contribution in [-0.4, -0.2) is 34.7 Å². The lowest BCUT2D eigenvalue weighted by Gasteiger charge is -2.31. The third-order valence-corrected chi connectivity index (χ3v) is 4.24. The Morgan fingerprint density at radius 3 is 2.74 bits per heavy atom. The van der Waals surface area contributed by atoms with Gasteiger partial charge in [0.25, 0.3) is 6.43 Å². The van der Waals surface area contributed by atoms with Crippen molar-refractivity contribution < 1.29 is 37.7 Å². The first-order valence-electron chi connectivity index (χ1n) is 8.11. The molecule has 0 saturated carbocycles. The summed E-state index contributed by atoms with van der Waals surface area (Å²) in [4.78, 5) is 22.8. The zero-order valence-corrected chi connectivity index (χ0v) is 13.9. The quantitative estimate of drug-likeness (QED) is 0.660. The van der Waals surface area contributed by atoms with Gasteiger partial charge in [0.2, 0.25) is 6.29 Å². The lowest BCUT2D eigenvalue weighted by atomic mass is 10.0. The first kappa shape index (κ1) is 19.2. The minimum Gasteiger partial charge on any atom is -0.479 e. The molecule has 1 aliphatic heterocycles. The molecule has 0 radical (unpaired) electrons. The molecule has 3 unspecified atom stereocenters. The van der Waals surface area contributed by atoms with Crippen molar-refractivity contribution in [2.45, 2.75) is 44.3 Å². The Morgan fingerprint density at radius 1 is 1.37 bits per heavy atom. The smallest absolute Gasteiger partial charge is 0.336 e. The van der Waals surface area contributed by atoms with Gasteiger partial charge in [0.05, 0.1) is 6.10 Å². The normalized spacial score (nSPS) is 22.9. The van der Waals surface area contributed by atoms with Crippen LogP contribution < -0.4 is 16.1 Å². The van der Waals surface area contributed by atoms with Crippen molar-refractivity contribution in [1.29, 1.82) is 0 Å². The highest BCUT2D eigenvalue weighted by molar-refractivity contribution is 5.85. The Morgan fingerprint density at radius 2 is 2.11 bits per heavy atom. The number of halogens is 2. The van der Waals surface area contributed by atoms with Crippen molar-refractivity contribution in [3.05, 3.63) is 39.7 Å². The van der Waals surface area contributed by atoms with Gasteiger partial charge in [0, 0.05) is 30.8 Å². The molecular formula is C17H17F2NO7. The van der Waals surface area contributed by atoms with E-state index in [1.54, 1.807) is 0 Å². The minimum absolute atomic E-state index is 0.0524. The number of fused-ring (bicyclic) bond motifs is 1. The van der Waals surface area contributed by atoms with Crippen LogP contribution in [-0.2, 0) is 16.1 Å². The lowest BCUT2D eigenvalue weighted by molar-refractivity contribution is -0.195. The zero-order chi connectivity index (χ0) is 19.7. The summed E-state index contributed by atoms with van der Waals surface area (Å²) in [6.07, 6.45) is -6.89. The largest absolute Gasteiger partial charge is 0.479 e.